The molecule has 0 amide bonds. The first-order valence-electron chi connectivity index (χ1n) is 11.5. The first-order chi connectivity index (χ1) is 14.4. The van der Waals surface area contributed by atoms with Gasteiger partial charge in [-0.25, -0.2) is 4.68 Å². The molecule has 7 heteroatoms. The molecule has 0 fully saturated rings. The van der Waals surface area contributed by atoms with Gasteiger partial charge in [0, 0.05) is 24.5 Å². The third kappa shape index (κ3) is 12.9. The summed E-state index contributed by atoms with van der Waals surface area (Å²) in [4.78, 5) is 23.0. The van der Waals surface area contributed by atoms with Gasteiger partial charge in [-0.2, -0.15) is 0 Å². The fourth-order valence-corrected chi connectivity index (χ4v) is 2.88. The molecule has 0 bridgehead atoms. The zero-order chi connectivity index (χ0) is 22.2. The first kappa shape index (κ1) is 26.4. The molecule has 0 radical (unpaired) electrons. The van der Waals surface area contributed by atoms with Crippen LogP contribution in [0, 0.1) is 11.8 Å². The van der Waals surface area contributed by atoms with Gasteiger partial charge in [-0.05, 0) is 19.3 Å². The average molecular weight is 424 g/mol. The number of carbonyl (C=O) groups is 2. The lowest BCUT2D eigenvalue weighted by Gasteiger charge is -2.06. The van der Waals surface area contributed by atoms with E-state index in [4.69, 9.17) is 9.47 Å². The quantitative estimate of drug-likeness (QED) is 0.312. The van der Waals surface area contributed by atoms with Crippen LogP contribution >= 0.6 is 0 Å². The van der Waals surface area contributed by atoms with E-state index < -0.39 is 0 Å². The van der Waals surface area contributed by atoms with Crippen molar-refractivity contribution in [2.24, 2.45) is 11.8 Å². The Bertz CT molecular complexity index is 599. The van der Waals surface area contributed by atoms with Crippen molar-refractivity contribution in [1.29, 1.82) is 0 Å². The molecular weight excluding hydrogens is 382 g/mol. The highest BCUT2D eigenvalue weighted by Crippen LogP contribution is 2.11. The van der Waals surface area contributed by atoms with Crippen molar-refractivity contribution in [3.63, 3.8) is 0 Å². The maximum atomic E-state index is 11.6. The van der Waals surface area contributed by atoms with Crippen molar-refractivity contribution in [2.75, 3.05) is 26.4 Å². The fraction of sp³-hybridized carbons (Fsp3) is 0.826. The Hall–Kier alpha value is -1.60. The zero-order valence-corrected chi connectivity index (χ0v) is 19.4. The Labute approximate surface area is 181 Å². The largest absolute Gasteiger partial charge is 0.377 e. The van der Waals surface area contributed by atoms with E-state index in [0.29, 0.717) is 32.1 Å². The number of hydrogen-bond donors (Lipinski definition) is 0. The number of ether oxygens (including phenoxy) is 2. The number of unbranched alkanes of at least 4 members (excludes halogenated alkanes) is 5. The van der Waals surface area contributed by atoms with E-state index in [2.05, 4.69) is 10.3 Å². The fourth-order valence-electron chi connectivity index (χ4n) is 2.88. The van der Waals surface area contributed by atoms with E-state index in [1.54, 1.807) is 0 Å². The molecular formula is C23H41N3O4. The molecule has 7 nitrogen and oxygen atoms in total. The molecule has 0 unspecified atom stereocenters. The normalized spacial score (nSPS) is 11.5. The predicted molar refractivity (Wildman–Crippen MR) is 117 cm³/mol. The van der Waals surface area contributed by atoms with Crippen molar-refractivity contribution < 1.29 is 19.1 Å². The molecule has 0 atom stereocenters. The number of ketones is 2. The van der Waals surface area contributed by atoms with Gasteiger partial charge in [-0.3, -0.25) is 9.59 Å². The molecule has 30 heavy (non-hydrogen) atoms. The standard InChI is InChI=1S/C23H41N3O4/c1-19(2)22(27)12-10-8-6-5-7-9-11-21-17-26(25-24-21)13-14-29-15-16-30-18-23(28)20(3)4/h17,19-20H,5-16,18H2,1-4H3. The molecule has 0 aliphatic rings. The maximum Gasteiger partial charge on any atom is 0.160 e. The van der Waals surface area contributed by atoms with Crippen molar-refractivity contribution >= 4 is 11.6 Å². The molecule has 0 N–H and O–H groups in total. The second-order valence-electron chi connectivity index (χ2n) is 8.50. The number of Topliss-reactive ketones (excluding diaryl/α,β-unsaturated/α-hetero) is 2. The van der Waals surface area contributed by atoms with Crippen molar-refractivity contribution in [3.8, 4) is 0 Å². The maximum absolute atomic E-state index is 11.6. The number of rotatable bonds is 19. The van der Waals surface area contributed by atoms with Gasteiger partial charge in [0.1, 0.15) is 12.4 Å². The molecule has 1 aromatic rings. The van der Waals surface area contributed by atoms with E-state index in [0.717, 1.165) is 37.8 Å². The third-order valence-electron chi connectivity index (χ3n) is 5.06. The summed E-state index contributed by atoms with van der Waals surface area (Å²) in [5.74, 6) is 0.683. The highest BCUT2D eigenvalue weighted by Gasteiger charge is 2.07. The van der Waals surface area contributed by atoms with Gasteiger partial charge >= 0.3 is 0 Å². The van der Waals surface area contributed by atoms with Crippen molar-refractivity contribution in [2.45, 2.75) is 85.6 Å². The van der Waals surface area contributed by atoms with E-state index in [1.165, 1.54) is 19.3 Å². The molecule has 0 spiro atoms. The molecule has 1 rings (SSSR count). The lowest BCUT2D eigenvalue weighted by atomic mass is 10.0. The first-order valence-corrected chi connectivity index (χ1v) is 11.5. The van der Waals surface area contributed by atoms with Gasteiger partial charge in [-0.1, -0.05) is 58.6 Å². The predicted octanol–water partition coefficient (Wildman–Crippen LogP) is 4.03. The Morgan fingerprint density at radius 2 is 1.50 bits per heavy atom. The number of carbonyl (C=O) groups excluding carboxylic acids is 2. The van der Waals surface area contributed by atoms with Crippen LogP contribution in [0.5, 0.6) is 0 Å². The molecule has 1 aromatic heterocycles. The molecule has 0 aromatic carbocycles. The van der Waals surface area contributed by atoms with Crippen LogP contribution in [-0.4, -0.2) is 53.0 Å². The zero-order valence-electron chi connectivity index (χ0n) is 19.4. The lowest BCUT2D eigenvalue weighted by Crippen LogP contribution is -2.17. The Kier molecular flexibility index (Phi) is 14.2. The van der Waals surface area contributed by atoms with Gasteiger partial charge in [0.25, 0.3) is 0 Å². The lowest BCUT2D eigenvalue weighted by molar-refractivity contribution is -0.127. The summed E-state index contributed by atoms with van der Waals surface area (Å²) in [7, 11) is 0. The molecule has 0 aliphatic carbocycles. The van der Waals surface area contributed by atoms with Crippen LogP contribution in [-0.2, 0) is 32.0 Å². The summed E-state index contributed by atoms with van der Waals surface area (Å²) in [6.07, 6.45) is 10.6. The van der Waals surface area contributed by atoms with Crippen molar-refractivity contribution in [1.82, 2.24) is 15.0 Å². The van der Waals surface area contributed by atoms with Crippen LogP contribution in [0.3, 0.4) is 0 Å². The van der Waals surface area contributed by atoms with Crippen molar-refractivity contribution in [3.05, 3.63) is 11.9 Å². The van der Waals surface area contributed by atoms with Gasteiger partial charge in [0.2, 0.25) is 0 Å². The second kappa shape index (κ2) is 16.1. The molecule has 0 saturated carbocycles. The number of nitrogens with zero attached hydrogens (tertiary/aromatic N) is 3. The minimum atomic E-state index is 0.0129. The summed E-state index contributed by atoms with van der Waals surface area (Å²) >= 11 is 0. The van der Waals surface area contributed by atoms with E-state index >= 15 is 0 Å². The smallest absolute Gasteiger partial charge is 0.160 e. The molecule has 172 valence electrons. The van der Waals surface area contributed by atoms with Crippen LogP contribution in [0.1, 0.15) is 78.3 Å². The molecule has 1 heterocycles. The Morgan fingerprint density at radius 3 is 2.20 bits per heavy atom. The summed E-state index contributed by atoms with van der Waals surface area (Å²) in [6.45, 7) is 9.94. The molecule has 0 aliphatic heterocycles. The monoisotopic (exact) mass is 423 g/mol. The van der Waals surface area contributed by atoms with Crippen LogP contribution in [0.25, 0.3) is 0 Å². The summed E-state index contributed by atoms with van der Waals surface area (Å²) in [5, 5.41) is 8.36. The minimum absolute atomic E-state index is 0.0129. The van der Waals surface area contributed by atoms with E-state index in [9.17, 15) is 9.59 Å². The molecule has 0 saturated heterocycles. The topological polar surface area (TPSA) is 83.3 Å². The summed E-state index contributed by atoms with van der Waals surface area (Å²) < 4.78 is 12.6. The summed E-state index contributed by atoms with van der Waals surface area (Å²) in [6, 6.07) is 0. The number of hydrogen-bond acceptors (Lipinski definition) is 6. The average Bonchev–Trinajstić information content (AvgIpc) is 3.16. The summed E-state index contributed by atoms with van der Waals surface area (Å²) in [5.41, 5.74) is 1.02. The van der Waals surface area contributed by atoms with Crippen LogP contribution in [0.2, 0.25) is 0 Å². The number of aryl methyl sites for hydroxylation is 1. The highest BCUT2D eigenvalue weighted by atomic mass is 16.5. The van der Waals surface area contributed by atoms with Gasteiger partial charge in [0.15, 0.2) is 5.78 Å². The van der Waals surface area contributed by atoms with E-state index in [1.807, 2.05) is 38.6 Å². The van der Waals surface area contributed by atoms with Gasteiger partial charge in [-0.15, -0.1) is 5.10 Å². The SMILES string of the molecule is CC(C)C(=O)CCCCCCCCc1cn(CCOCCOCC(=O)C(C)C)nn1. The Morgan fingerprint density at radius 1 is 0.867 bits per heavy atom. The van der Waals surface area contributed by atoms with Crippen LogP contribution in [0.4, 0.5) is 0 Å². The third-order valence-corrected chi connectivity index (χ3v) is 5.06. The highest BCUT2D eigenvalue weighted by molar-refractivity contribution is 5.81. The van der Waals surface area contributed by atoms with Gasteiger partial charge < -0.3 is 9.47 Å². The van der Waals surface area contributed by atoms with Crippen LogP contribution < -0.4 is 0 Å². The van der Waals surface area contributed by atoms with Crippen LogP contribution in [0.15, 0.2) is 6.20 Å². The minimum Gasteiger partial charge on any atom is -0.377 e. The van der Waals surface area contributed by atoms with Gasteiger partial charge in [0.05, 0.1) is 32.1 Å². The second-order valence-corrected chi connectivity index (χ2v) is 8.50. The number of aromatic nitrogens is 3. The van der Waals surface area contributed by atoms with E-state index in [-0.39, 0.29) is 24.2 Å². The Balaban J connectivity index is 1.97.